The van der Waals surface area contributed by atoms with Crippen LogP contribution in [0.2, 0.25) is 0 Å². The van der Waals surface area contributed by atoms with Gasteiger partial charge in [-0.25, -0.2) is 24.7 Å². The Morgan fingerprint density at radius 1 is 1.11 bits per heavy atom. The summed E-state index contributed by atoms with van der Waals surface area (Å²) in [6, 6.07) is 7.62. The van der Waals surface area contributed by atoms with Gasteiger partial charge in [-0.05, 0) is 25.0 Å². The summed E-state index contributed by atoms with van der Waals surface area (Å²) in [6.45, 7) is 1.12. The Labute approximate surface area is 153 Å². The van der Waals surface area contributed by atoms with E-state index < -0.39 is 11.5 Å². The van der Waals surface area contributed by atoms with Gasteiger partial charge in [0.1, 0.15) is 17.4 Å². The molecular weight excluding hydrogens is 346 g/mol. The van der Waals surface area contributed by atoms with Crippen LogP contribution < -0.4 is 4.90 Å². The fourth-order valence-corrected chi connectivity index (χ4v) is 3.94. The zero-order valence-corrected chi connectivity index (χ0v) is 14.4. The van der Waals surface area contributed by atoms with Gasteiger partial charge in [0.2, 0.25) is 0 Å². The quantitative estimate of drug-likeness (QED) is 0.570. The van der Waals surface area contributed by atoms with Gasteiger partial charge in [0, 0.05) is 13.1 Å². The fourth-order valence-electron chi connectivity index (χ4n) is 3.94. The molecule has 1 aliphatic heterocycles. The molecule has 1 saturated heterocycles. The molecule has 27 heavy (non-hydrogen) atoms. The number of carboxylic acids is 1. The highest BCUT2D eigenvalue weighted by atomic mass is 16.4. The monoisotopic (exact) mass is 363 g/mol. The number of para-hydroxylation sites is 2. The van der Waals surface area contributed by atoms with Crippen LogP contribution >= 0.6 is 0 Å². The summed E-state index contributed by atoms with van der Waals surface area (Å²) in [4.78, 5) is 34.6. The SMILES string of the molecule is O=C(O)C1(n2cnc3ccccc32)CCN(c2ncnc3nc[nH]c23)CC1. The standard InChI is InChI=1S/C18H17N7O2/c26-17(27)18(25-11-23-12-3-1-2-4-13(12)25)5-7-24(8-6-18)16-14-15(20-9-19-14)21-10-22-16/h1-4,9-11H,5-8H2,(H,26,27)(H,19,20,21,22). The maximum Gasteiger partial charge on any atom is 0.330 e. The van der Waals surface area contributed by atoms with E-state index in [0.29, 0.717) is 31.6 Å². The predicted octanol–water partition coefficient (Wildman–Crippen LogP) is 1.78. The van der Waals surface area contributed by atoms with E-state index in [2.05, 4.69) is 29.8 Å². The van der Waals surface area contributed by atoms with Crippen LogP contribution in [0.5, 0.6) is 0 Å². The molecule has 3 aromatic heterocycles. The van der Waals surface area contributed by atoms with Crippen LogP contribution in [0.25, 0.3) is 22.2 Å². The first-order valence-electron chi connectivity index (χ1n) is 8.74. The summed E-state index contributed by atoms with van der Waals surface area (Å²) in [7, 11) is 0. The van der Waals surface area contributed by atoms with Crippen molar-refractivity contribution in [3.8, 4) is 0 Å². The van der Waals surface area contributed by atoms with E-state index in [1.54, 1.807) is 12.7 Å². The third-order valence-electron chi connectivity index (χ3n) is 5.41. The highest BCUT2D eigenvalue weighted by Gasteiger charge is 2.44. The second-order valence-electron chi connectivity index (χ2n) is 6.73. The maximum absolute atomic E-state index is 12.3. The van der Waals surface area contributed by atoms with Crippen molar-refractivity contribution < 1.29 is 9.90 Å². The van der Waals surface area contributed by atoms with Crippen LogP contribution in [0.4, 0.5) is 5.82 Å². The Balaban J connectivity index is 1.51. The first kappa shape index (κ1) is 15.7. The van der Waals surface area contributed by atoms with Crippen molar-refractivity contribution in [3.63, 3.8) is 0 Å². The Hall–Kier alpha value is -3.49. The molecule has 9 nitrogen and oxygen atoms in total. The van der Waals surface area contributed by atoms with Crippen molar-refractivity contribution in [2.75, 3.05) is 18.0 Å². The normalized spacial score (nSPS) is 16.8. The number of carboxylic acid groups (broad SMARTS) is 1. The van der Waals surface area contributed by atoms with Gasteiger partial charge in [0.05, 0.1) is 23.7 Å². The molecule has 0 atom stereocenters. The molecule has 136 valence electrons. The molecule has 1 fully saturated rings. The molecule has 0 unspecified atom stereocenters. The van der Waals surface area contributed by atoms with E-state index in [1.807, 2.05) is 28.8 Å². The Morgan fingerprint density at radius 3 is 2.74 bits per heavy atom. The summed E-state index contributed by atoms with van der Waals surface area (Å²) in [5.41, 5.74) is 2.00. The minimum Gasteiger partial charge on any atom is -0.479 e. The molecule has 1 aliphatic rings. The lowest BCUT2D eigenvalue weighted by molar-refractivity contribution is -0.148. The molecule has 0 aliphatic carbocycles. The van der Waals surface area contributed by atoms with Gasteiger partial charge in [-0.2, -0.15) is 0 Å². The van der Waals surface area contributed by atoms with Gasteiger partial charge in [-0.15, -0.1) is 0 Å². The summed E-state index contributed by atoms with van der Waals surface area (Å²) in [5, 5.41) is 10.1. The highest BCUT2D eigenvalue weighted by Crippen LogP contribution is 2.35. The number of nitrogens with zero attached hydrogens (tertiary/aromatic N) is 6. The predicted molar refractivity (Wildman–Crippen MR) is 98.5 cm³/mol. The van der Waals surface area contributed by atoms with Crippen molar-refractivity contribution >= 4 is 34.0 Å². The van der Waals surface area contributed by atoms with Crippen molar-refractivity contribution in [1.29, 1.82) is 0 Å². The number of fused-ring (bicyclic) bond motifs is 2. The van der Waals surface area contributed by atoms with E-state index in [0.717, 1.165) is 22.4 Å². The lowest BCUT2D eigenvalue weighted by Crippen LogP contribution is -2.51. The van der Waals surface area contributed by atoms with E-state index in [4.69, 9.17) is 0 Å². The van der Waals surface area contributed by atoms with Crippen LogP contribution in [0, 0.1) is 0 Å². The van der Waals surface area contributed by atoms with Gasteiger partial charge in [0.25, 0.3) is 0 Å². The third kappa shape index (κ3) is 2.28. The van der Waals surface area contributed by atoms with E-state index in [9.17, 15) is 9.90 Å². The number of hydrogen-bond acceptors (Lipinski definition) is 6. The largest absolute Gasteiger partial charge is 0.479 e. The Kier molecular flexibility index (Phi) is 3.36. The molecule has 5 rings (SSSR count). The minimum atomic E-state index is -1.02. The number of benzene rings is 1. The number of piperidine rings is 1. The van der Waals surface area contributed by atoms with Gasteiger partial charge in [-0.1, -0.05) is 12.1 Å². The summed E-state index contributed by atoms with van der Waals surface area (Å²) < 4.78 is 1.81. The lowest BCUT2D eigenvalue weighted by Gasteiger charge is -2.40. The number of nitrogens with one attached hydrogen (secondary N) is 1. The Morgan fingerprint density at radius 2 is 1.93 bits per heavy atom. The molecule has 0 saturated carbocycles. The molecule has 4 aromatic rings. The van der Waals surface area contributed by atoms with Crippen molar-refractivity contribution in [2.45, 2.75) is 18.4 Å². The van der Waals surface area contributed by atoms with Gasteiger partial charge in [-0.3, -0.25) is 0 Å². The molecular formula is C18H17N7O2. The third-order valence-corrected chi connectivity index (χ3v) is 5.41. The zero-order chi connectivity index (χ0) is 18.4. The zero-order valence-electron chi connectivity index (χ0n) is 14.4. The fraction of sp³-hybridized carbons (Fsp3) is 0.278. The van der Waals surface area contributed by atoms with Crippen LogP contribution in [0.15, 0.2) is 43.2 Å². The van der Waals surface area contributed by atoms with Gasteiger partial charge < -0.3 is 19.6 Å². The molecule has 0 radical (unpaired) electrons. The topological polar surface area (TPSA) is 113 Å². The molecule has 0 amide bonds. The molecule has 9 heteroatoms. The number of imidazole rings is 2. The summed E-state index contributed by atoms with van der Waals surface area (Å²) in [5.74, 6) is -0.0772. The van der Waals surface area contributed by atoms with Crippen molar-refractivity contribution in [1.82, 2.24) is 29.5 Å². The average Bonchev–Trinajstić information content (AvgIpc) is 3.35. The maximum atomic E-state index is 12.3. The first-order chi connectivity index (χ1) is 13.2. The molecule has 0 spiro atoms. The first-order valence-corrected chi connectivity index (χ1v) is 8.74. The highest BCUT2D eigenvalue weighted by molar-refractivity contribution is 5.84. The lowest BCUT2D eigenvalue weighted by atomic mass is 9.87. The summed E-state index contributed by atoms with van der Waals surface area (Å²) >= 11 is 0. The molecule has 0 bridgehead atoms. The number of aliphatic carboxylic acids is 1. The number of aromatic nitrogens is 6. The number of aromatic amines is 1. The number of anilines is 1. The second-order valence-corrected chi connectivity index (χ2v) is 6.73. The number of H-pyrrole nitrogens is 1. The van der Waals surface area contributed by atoms with Gasteiger partial charge >= 0.3 is 5.97 Å². The molecule has 2 N–H and O–H groups in total. The van der Waals surface area contributed by atoms with E-state index in [1.165, 1.54) is 6.33 Å². The van der Waals surface area contributed by atoms with E-state index in [-0.39, 0.29) is 0 Å². The second kappa shape index (κ2) is 5.76. The van der Waals surface area contributed by atoms with Crippen molar-refractivity contribution in [2.24, 2.45) is 0 Å². The molecule has 1 aromatic carbocycles. The summed E-state index contributed by atoms with van der Waals surface area (Å²) in [6.07, 6.45) is 5.61. The Bertz CT molecular complexity index is 1140. The van der Waals surface area contributed by atoms with Crippen LogP contribution in [0.1, 0.15) is 12.8 Å². The van der Waals surface area contributed by atoms with Crippen LogP contribution in [-0.2, 0) is 10.3 Å². The van der Waals surface area contributed by atoms with E-state index >= 15 is 0 Å². The number of rotatable bonds is 3. The van der Waals surface area contributed by atoms with Crippen molar-refractivity contribution in [3.05, 3.63) is 43.2 Å². The molecule has 4 heterocycles. The van der Waals surface area contributed by atoms with Crippen LogP contribution in [0.3, 0.4) is 0 Å². The average molecular weight is 363 g/mol. The number of carbonyl (C=O) groups is 1. The van der Waals surface area contributed by atoms with Crippen LogP contribution in [-0.4, -0.2) is 53.7 Å². The van der Waals surface area contributed by atoms with Gasteiger partial charge in [0.15, 0.2) is 11.5 Å². The smallest absolute Gasteiger partial charge is 0.330 e. The minimum absolute atomic E-state index is 0.447. The number of hydrogen-bond donors (Lipinski definition) is 2.